The third-order valence-corrected chi connectivity index (χ3v) is 1.73. The van der Waals surface area contributed by atoms with Crippen molar-refractivity contribution in [3.63, 3.8) is 0 Å². The maximum absolute atomic E-state index is 4.02. The third kappa shape index (κ3) is 1.78. The first-order valence-corrected chi connectivity index (χ1v) is 3.93. The van der Waals surface area contributed by atoms with E-state index >= 15 is 0 Å². The maximum Gasteiger partial charge on any atom is 0.109 e. The van der Waals surface area contributed by atoms with E-state index in [9.17, 15) is 0 Å². The van der Waals surface area contributed by atoms with Gasteiger partial charge in [0.25, 0.3) is 0 Å². The molecule has 0 radical (unpaired) electrons. The van der Waals surface area contributed by atoms with Gasteiger partial charge in [-0.2, -0.15) is 0 Å². The minimum Gasteiger partial charge on any atom is -0.352 e. The molecule has 10 heavy (non-hydrogen) atoms. The van der Waals surface area contributed by atoms with E-state index in [1.807, 2.05) is 19.2 Å². The van der Waals surface area contributed by atoms with Crippen molar-refractivity contribution in [3.05, 3.63) is 28.5 Å². The van der Waals surface area contributed by atoms with Gasteiger partial charge in [-0.25, -0.2) is 0 Å². The molecule has 0 saturated carbocycles. The minimum atomic E-state index is 0.310. The van der Waals surface area contributed by atoms with E-state index in [4.69, 9.17) is 0 Å². The zero-order chi connectivity index (χ0) is 7.56. The zero-order valence-corrected chi connectivity index (χ0v) is 7.43. The number of hydrogen-bond acceptors (Lipinski definition) is 1. The Hall–Kier alpha value is -0.410. The van der Waals surface area contributed by atoms with Crippen molar-refractivity contribution >= 4 is 15.9 Å². The molecule has 3 heteroatoms. The van der Waals surface area contributed by atoms with Crippen molar-refractivity contribution < 1.29 is 5.73 Å². The lowest BCUT2D eigenvalue weighted by molar-refractivity contribution is -0.420. The molecule has 0 spiro atoms. The van der Waals surface area contributed by atoms with Crippen LogP contribution in [-0.4, -0.2) is 4.98 Å². The summed E-state index contributed by atoms with van der Waals surface area (Å²) < 4.78 is 1.01. The summed E-state index contributed by atoms with van der Waals surface area (Å²) >= 11 is 3.34. The highest BCUT2D eigenvalue weighted by Gasteiger charge is 2.01. The highest BCUT2D eigenvalue weighted by Crippen LogP contribution is 2.12. The van der Waals surface area contributed by atoms with Gasteiger partial charge in [0.1, 0.15) is 6.04 Å². The summed E-state index contributed by atoms with van der Waals surface area (Å²) in [6, 6.07) is 2.34. The molecule has 0 aliphatic rings. The quantitative estimate of drug-likeness (QED) is 0.728. The Morgan fingerprint density at radius 3 is 2.70 bits per heavy atom. The van der Waals surface area contributed by atoms with Gasteiger partial charge in [-0.3, -0.25) is 4.98 Å². The van der Waals surface area contributed by atoms with Crippen molar-refractivity contribution in [2.75, 3.05) is 0 Å². The van der Waals surface area contributed by atoms with Crippen LogP contribution in [0.15, 0.2) is 22.9 Å². The van der Waals surface area contributed by atoms with Crippen molar-refractivity contribution in [3.8, 4) is 0 Å². The minimum absolute atomic E-state index is 0.310. The third-order valence-electron chi connectivity index (χ3n) is 1.30. The number of pyridine rings is 1. The van der Waals surface area contributed by atoms with E-state index in [2.05, 4.69) is 26.6 Å². The number of quaternary nitrogens is 1. The molecule has 1 rings (SSSR count). The number of nitrogens with zero attached hydrogens (tertiary/aromatic N) is 1. The largest absolute Gasteiger partial charge is 0.352 e. The second kappa shape index (κ2) is 3.12. The van der Waals surface area contributed by atoms with Crippen molar-refractivity contribution in [2.45, 2.75) is 13.0 Å². The molecule has 1 aromatic rings. The summed E-state index contributed by atoms with van der Waals surface area (Å²) in [4.78, 5) is 4.02. The smallest absolute Gasteiger partial charge is 0.109 e. The second-order valence-corrected chi connectivity index (χ2v) is 3.25. The molecule has 1 aromatic heterocycles. The van der Waals surface area contributed by atoms with Gasteiger partial charge < -0.3 is 5.73 Å². The molecule has 0 aromatic carbocycles. The Kier molecular flexibility index (Phi) is 2.40. The molecular formula is C7H10BrN2+. The molecule has 1 atom stereocenters. The highest BCUT2D eigenvalue weighted by atomic mass is 79.9. The van der Waals surface area contributed by atoms with Crippen LogP contribution in [0, 0.1) is 0 Å². The van der Waals surface area contributed by atoms with Crippen LogP contribution in [0.1, 0.15) is 18.5 Å². The maximum atomic E-state index is 4.02. The van der Waals surface area contributed by atoms with E-state index in [1.165, 1.54) is 0 Å². The fourth-order valence-electron chi connectivity index (χ4n) is 0.698. The number of rotatable bonds is 1. The molecule has 0 fully saturated rings. The number of halogens is 1. The zero-order valence-electron chi connectivity index (χ0n) is 5.84. The lowest BCUT2D eigenvalue weighted by Crippen LogP contribution is -2.51. The average molecular weight is 202 g/mol. The first-order chi connectivity index (χ1) is 4.70. The van der Waals surface area contributed by atoms with Crippen LogP contribution < -0.4 is 5.73 Å². The molecule has 2 nitrogen and oxygen atoms in total. The average Bonchev–Trinajstić information content (AvgIpc) is 1.88. The standard InChI is InChI=1S/C7H9BrN2/c1-5(9)6-2-7(8)4-10-3-6/h2-5H,9H2,1H3/p+1. The van der Waals surface area contributed by atoms with Crippen LogP contribution in [0.2, 0.25) is 0 Å². The van der Waals surface area contributed by atoms with Gasteiger partial charge in [0, 0.05) is 22.4 Å². The predicted octanol–water partition coefficient (Wildman–Crippen LogP) is 1.15. The fraction of sp³-hybridized carbons (Fsp3) is 0.286. The molecule has 0 saturated heterocycles. The van der Waals surface area contributed by atoms with Crippen LogP contribution in [0.5, 0.6) is 0 Å². The lowest BCUT2D eigenvalue weighted by atomic mass is 10.2. The van der Waals surface area contributed by atoms with Gasteiger partial charge in [0.2, 0.25) is 0 Å². The molecule has 0 aliphatic heterocycles. The summed E-state index contributed by atoms with van der Waals surface area (Å²) in [5.41, 5.74) is 5.05. The summed E-state index contributed by atoms with van der Waals surface area (Å²) in [6.07, 6.45) is 3.61. The van der Waals surface area contributed by atoms with E-state index < -0.39 is 0 Å². The Morgan fingerprint density at radius 2 is 2.30 bits per heavy atom. The van der Waals surface area contributed by atoms with E-state index in [0.29, 0.717) is 6.04 Å². The van der Waals surface area contributed by atoms with Gasteiger partial charge in [-0.05, 0) is 28.9 Å². The number of aromatic nitrogens is 1. The summed E-state index contributed by atoms with van der Waals surface area (Å²) in [6.45, 7) is 2.05. The summed E-state index contributed by atoms with van der Waals surface area (Å²) in [7, 11) is 0. The Bertz CT molecular complexity index is 223. The van der Waals surface area contributed by atoms with Crippen LogP contribution in [0.25, 0.3) is 0 Å². The first-order valence-electron chi connectivity index (χ1n) is 3.13. The normalized spacial score (nSPS) is 13.1. The highest BCUT2D eigenvalue weighted by molar-refractivity contribution is 9.10. The monoisotopic (exact) mass is 201 g/mol. The topological polar surface area (TPSA) is 40.5 Å². The summed E-state index contributed by atoms with van der Waals surface area (Å²) in [5.74, 6) is 0. The van der Waals surface area contributed by atoms with Crippen molar-refractivity contribution in [2.24, 2.45) is 0 Å². The molecule has 3 N–H and O–H groups in total. The van der Waals surface area contributed by atoms with Gasteiger partial charge in [0.15, 0.2) is 0 Å². The molecule has 0 aliphatic carbocycles. The van der Waals surface area contributed by atoms with Crippen LogP contribution in [-0.2, 0) is 0 Å². The van der Waals surface area contributed by atoms with E-state index in [1.54, 1.807) is 6.20 Å². The molecule has 54 valence electrons. The predicted molar refractivity (Wildman–Crippen MR) is 43.2 cm³/mol. The lowest BCUT2D eigenvalue weighted by Gasteiger charge is -2.00. The molecule has 1 unspecified atom stereocenters. The van der Waals surface area contributed by atoms with Crippen LogP contribution in [0.4, 0.5) is 0 Å². The van der Waals surface area contributed by atoms with Crippen molar-refractivity contribution in [1.82, 2.24) is 4.98 Å². The molecule has 0 bridgehead atoms. The summed E-state index contributed by atoms with van der Waals surface area (Å²) in [5, 5.41) is 0. The Balaban J connectivity index is 2.96. The van der Waals surface area contributed by atoms with Crippen LogP contribution in [0.3, 0.4) is 0 Å². The van der Waals surface area contributed by atoms with Crippen LogP contribution >= 0.6 is 15.9 Å². The Labute approximate surface area is 68.6 Å². The molecule has 1 heterocycles. The van der Waals surface area contributed by atoms with Crippen molar-refractivity contribution in [1.29, 1.82) is 0 Å². The number of hydrogen-bond donors (Lipinski definition) is 1. The second-order valence-electron chi connectivity index (χ2n) is 2.34. The van der Waals surface area contributed by atoms with E-state index in [0.717, 1.165) is 10.0 Å². The van der Waals surface area contributed by atoms with E-state index in [-0.39, 0.29) is 0 Å². The van der Waals surface area contributed by atoms with Gasteiger partial charge >= 0.3 is 0 Å². The van der Waals surface area contributed by atoms with Gasteiger partial charge in [0.05, 0.1) is 0 Å². The van der Waals surface area contributed by atoms with Gasteiger partial charge in [-0.15, -0.1) is 0 Å². The van der Waals surface area contributed by atoms with Gasteiger partial charge in [-0.1, -0.05) is 0 Å². The molecule has 0 amide bonds. The molecular weight excluding hydrogens is 192 g/mol. The Morgan fingerprint density at radius 1 is 1.60 bits per heavy atom. The fourth-order valence-corrected chi connectivity index (χ4v) is 1.08. The first kappa shape index (κ1) is 7.69. The SMILES string of the molecule is CC([NH3+])c1cncc(Br)c1.